The number of hydrogen-bond donors (Lipinski definition) is 0. The second-order valence-corrected chi connectivity index (χ2v) is 6.94. The molecule has 1 aliphatic rings. The van der Waals surface area contributed by atoms with E-state index in [1.165, 1.54) is 4.90 Å². The van der Waals surface area contributed by atoms with Crippen molar-refractivity contribution < 1.29 is 13.9 Å². The first kappa shape index (κ1) is 18.1. The van der Waals surface area contributed by atoms with Crippen molar-refractivity contribution in [3.05, 3.63) is 100 Å². The number of nitrogens with zero attached hydrogens (tertiary/aromatic N) is 2. The Morgan fingerprint density at radius 1 is 1.03 bits per heavy atom. The molecule has 4 aromatic rings. The third-order valence-corrected chi connectivity index (χ3v) is 5.16. The van der Waals surface area contributed by atoms with Gasteiger partial charge in [0.1, 0.15) is 17.2 Å². The van der Waals surface area contributed by atoms with Gasteiger partial charge in [0.15, 0.2) is 5.43 Å². The van der Waals surface area contributed by atoms with Crippen molar-refractivity contribution in [3.63, 3.8) is 0 Å². The highest BCUT2D eigenvalue weighted by Crippen LogP contribution is 2.41. The molecule has 0 radical (unpaired) electrons. The van der Waals surface area contributed by atoms with Crippen molar-refractivity contribution in [2.45, 2.75) is 13.0 Å². The second-order valence-electron chi connectivity index (χ2n) is 6.94. The molecule has 2 aromatic carbocycles. The van der Waals surface area contributed by atoms with Gasteiger partial charge in [-0.05, 0) is 48.9 Å². The number of carbonyl (C=O) groups is 1. The molecule has 6 heteroatoms. The lowest BCUT2D eigenvalue weighted by Crippen LogP contribution is -2.30. The average molecular weight is 398 g/mol. The van der Waals surface area contributed by atoms with Crippen molar-refractivity contribution in [2.24, 2.45) is 0 Å². The topological polar surface area (TPSA) is 72.6 Å². The fraction of sp³-hybridized carbons (Fsp3) is 0.125. The summed E-state index contributed by atoms with van der Waals surface area (Å²) >= 11 is 0. The van der Waals surface area contributed by atoms with Gasteiger partial charge in [0, 0.05) is 6.20 Å². The van der Waals surface area contributed by atoms with Crippen LogP contribution in [0, 0.1) is 0 Å². The summed E-state index contributed by atoms with van der Waals surface area (Å²) in [5.74, 6) is 0.778. The number of ether oxygens (including phenoxy) is 1. The lowest BCUT2D eigenvalue weighted by molar-refractivity contribution is 0.0970. The Hall–Kier alpha value is -3.93. The molecular weight excluding hydrogens is 380 g/mol. The fourth-order valence-electron chi connectivity index (χ4n) is 3.91. The van der Waals surface area contributed by atoms with Crippen molar-refractivity contribution in [3.8, 4) is 5.75 Å². The van der Waals surface area contributed by atoms with Crippen LogP contribution in [-0.2, 0) is 0 Å². The molecule has 0 aliphatic carbocycles. The number of pyridine rings is 1. The summed E-state index contributed by atoms with van der Waals surface area (Å²) < 4.78 is 11.6. The van der Waals surface area contributed by atoms with E-state index in [9.17, 15) is 9.59 Å². The fourth-order valence-corrected chi connectivity index (χ4v) is 3.91. The molecule has 0 saturated heterocycles. The summed E-state index contributed by atoms with van der Waals surface area (Å²) in [4.78, 5) is 32.7. The lowest BCUT2D eigenvalue weighted by Gasteiger charge is -2.24. The van der Waals surface area contributed by atoms with E-state index in [0.29, 0.717) is 34.7 Å². The molecule has 6 nitrogen and oxygen atoms in total. The van der Waals surface area contributed by atoms with E-state index in [1.807, 2.05) is 31.2 Å². The Kier molecular flexibility index (Phi) is 4.32. The van der Waals surface area contributed by atoms with Crippen molar-refractivity contribution >= 4 is 22.7 Å². The van der Waals surface area contributed by atoms with E-state index < -0.39 is 11.9 Å². The van der Waals surface area contributed by atoms with Crippen molar-refractivity contribution in [1.82, 2.24) is 4.98 Å². The van der Waals surface area contributed by atoms with Gasteiger partial charge in [-0.15, -0.1) is 0 Å². The van der Waals surface area contributed by atoms with E-state index in [0.717, 1.165) is 5.56 Å². The number of anilines is 1. The molecule has 3 heterocycles. The highest BCUT2D eigenvalue weighted by atomic mass is 16.5. The monoisotopic (exact) mass is 398 g/mol. The standard InChI is InChI=1S/C24H18N2O4/c1-2-29-16-9-7-8-15(14-16)21-20-22(27)17-10-3-4-11-18(17)30-23(20)24(28)26(21)19-12-5-6-13-25-19/h3-14,21H,2H2,1H3/t21-/m0/s1. The van der Waals surface area contributed by atoms with E-state index in [4.69, 9.17) is 9.15 Å². The molecule has 0 bridgehead atoms. The van der Waals surface area contributed by atoms with E-state index >= 15 is 0 Å². The van der Waals surface area contributed by atoms with E-state index in [-0.39, 0.29) is 11.2 Å². The molecule has 1 atom stereocenters. The summed E-state index contributed by atoms with van der Waals surface area (Å²) in [6, 6.07) is 19.0. The quantitative estimate of drug-likeness (QED) is 0.511. The summed E-state index contributed by atoms with van der Waals surface area (Å²) in [7, 11) is 0. The normalized spacial score (nSPS) is 15.4. The van der Waals surface area contributed by atoms with Crippen LogP contribution < -0.4 is 15.1 Å². The molecule has 5 rings (SSSR count). The first-order valence-electron chi connectivity index (χ1n) is 9.72. The highest BCUT2D eigenvalue weighted by Gasteiger charge is 2.44. The molecule has 0 spiro atoms. The molecular formula is C24H18N2O4. The largest absolute Gasteiger partial charge is 0.494 e. The van der Waals surface area contributed by atoms with Gasteiger partial charge in [-0.25, -0.2) is 4.98 Å². The Balaban J connectivity index is 1.79. The third kappa shape index (κ3) is 2.76. The molecule has 30 heavy (non-hydrogen) atoms. The van der Waals surface area contributed by atoms with Crippen LogP contribution in [0.5, 0.6) is 5.75 Å². The van der Waals surface area contributed by atoms with Gasteiger partial charge in [0.05, 0.1) is 23.6 Å². The molecule has 2 aromatic heterocycles. The zero-order valence-electron chi connectivity index (χ0n) is 16.2. The number of rotatable bonds is 4. The highest BCUT2D eigenvalue weighted by molar-refractivity contribution is 6.10. The van der Waals surface area contributed by atoms with Crippen LogP contribution in [0.1, 0.15) is 34.6 Å². The van der Waals surface area contributed by atoms with Gasteiger partial charge in [-0.2, -0.15) is 0 Å². The number of benzene rings is 2. The van der Waals surface area contributed by atoms with Crippen LogP contribution >= 0.6 is 0 Å². The number of carbonyl (C=O) groups excluding carboxylic acids is 1. The number of hydrogen-bond acceptors (Lipinski definition) is 5. The number of fused-ring (bicyclic) bond motifs is 2. The van der Waals surface area contributed by atoms with E-state index in [1.54, 1.807) is 48.7 Å². The smallest absolute Gasteiger partial charge is 0.296 e. The molecule has 0 unspecified atom stereocenters. The van der Waals surface area contributed by atoms with Crippen LogP contribution in [0.2, 0.25) is 0 Å². The van der Waals surface area contributed by atoms with Gasteiger partial charge < -0.3 is 9.15 Å². The predicted octanol–water partition coefficient (Wildman–Crippen LogP) is 4.34. The second kappa shape index (κ2) is 7.15. The number of aromatic nitrogens is 1. The zero-order chi connectivity index (χ0) is 20.7. The summed E-state index contributed by atoms with van der Waals surface area (Å²) in [5, 5.41) is 0.442. The molecule has 1 amide bonds. The Labute approximate surface area is 172 Å². The predicted molar refractivity (Wildman–Crippen MR) is 113 cm³/mol. The van der Waals surface area contributed by atoms with Crippen LogP contribution in [0.4, 0.5) is 5.82 Å². The minimum absolute atomic E-state index is 0.0520. The van der Waals surface area contributed by atoms with Crippen LogP contribution in [0.25, 0.3) is 11.0 Å². The van der Waals surface area contributed by atoms with Gasteiger partial charge in [0.2, 0.25) is 5.76 Å². The first-order valence-corrected chi connectivity index (χ1v) is 9.72. The van der Waals surface area contributed by atoms with Crippen LogP contribution in [0.15, 0.2) is 82.1 Å². The summed E-state index contributed by atoms with van der Waals surface area (Å²) in [6.07, 6.45) is 1.62. The number of para-hydroxylation sites is 1. The minimum Gasteiger partial charge on any atom is -0.494 e. The van der Waals surface area contributed by atoms with Crippen LogP contribution in [0.3, 0.4) is 0 Å². The molecule has 1 aliphatic heterocycles. The molecule has 0 saturated carbocycles. The Morgan fingerprint density at radius 3 is 2.67 bits per heavy atom. The van der Waals surface area contributed by atoms with Gasteiger partial charge in [-0.1, -0.05) is 30.3 Å². The van der Waals surface area contributed by atoms with Gasteiger partial charge in [-0.3, -0.25) is 14.5 Å². The number of amides is 1. The van der Waals surface area contributed by atoms with Crippen LogP contribution in [-0.4, -0.2) is 17.5 Å². The molecule has 148 valence electrons. The summed E-state index contributed by atoms with van der Waals surface area (Å²) in [6.45, 7) is 2.42. The zero-order valence-corrected chi connectivity index (χ0v) is 16.2. The maximum absolute atomic E-state index is 13.4. The Morgan fingerprint density at radius 2 is 1.87 bits per heavy atom. The SMILES string of the molecule is CCOc1cccc([C@H]2c3c(oc4ccccc4c3=O)C(=O)N2c2ccccn2)c1. The van der Waals surface area contributed by atoms with Crippen molar-refractivity contribution in [1.29, 1.82) is 0 Å². The van der Waals surface area contributed by atoms with Crippen molar-refractivity contribution in [2.75, 3.05) is 11.5 Å². The minimum atomic E-state index is -0.663. The Bertz CT molecular complexity index is 1310. The maximum atomic E-state index is 13.4. The van der Waals surface area contributed by atoms with Gasteiger partial charge >= 0.3 is 0 Å². The summed E-state index contributed by atoms with van der Waals surface area (Å²) in [5.41, 5.74) is 1.24. The maximum Gasteiger partial charge on any atom is 0.296 e. The molecule has 0 fully saturated rings. The van der Waals surface area contributed by atoms with Gasteiger partial charge in [0.25, 0.3) is 5.91 Å². The molecule has 0 N–H and O–H groups in total. The van der Waals surface area contributed by atoms with E-state index in [2.05, 4.69) is 4.98 Å². The average Bonchev–Trinajstić information content (AvgIpc) is 3.08. The lowest BCUT2D eigenvalue weighted by atomic mass is 9.98. The first-order chi connectivity index (χ1) is 14.7. The third-order valence-electron chi connectivity index (χ3n) is 5.16.